The van der Waals surface area contributed by atoms with Crippen molar-refractivity contribution in [1.82, 2.24) is 4.90 Å². The van der Waals surface area contributed by atoms with Crippen LogP contribution in [0.1, 0.15) is 23.2 Å². The number of nitrogens with two attached hydrogens (primary N) is 2. The van der Waals surface area contributed by atoms with Gasteiger partial charge in [0, 0.05) is 18.1 Å². The van der Waals surface area contributed by atoms with Gasteiger partial charge in [-0.15, -0.1) is 0 Å². The summed E-state index contributed by atoms with van der Waals surface area (Å²) in [6.07, 6.45) is 1.28. The summed E-state index contributed by atoms with van der Waals surface area (Å²) in [5.41, 5.74) is 5.85. The first kappa shape index (κ1) is 19.0. The molecule has 0 aromatic heterocycles. The number of benzene rings is 1. The van der Waals surface area contributed by atoms with Crippen LogP contribution in [0.25, 0.3) is 0 Å². The van der Waals surface area contributed by atoms with Crippen LogP contribution in [0, 0.1) is 5.92 Å². The molecule has 2 rings (SSSR count). The van der Waals surface area contributed by atoms with Gasteiger partial charge in [0.15, 0.2) is 0 Å². The molecule has 0 unspecified atom stereocenters. The van der Waals surface area contributed by atoms with E-state index in [1.54, 1.807) is 23.1 Å². The molecule has 7 nitrogen and oxygen atoms in total. The van der Waals surface area contributed by atoms with E-state index in [1.807, 2.05) is 0 Å². The Morgan fingerprint density at radius 2 is 2.17 bits per heavy atom. The molecule has 0 aliphatic carbocycles. The maximum atomic E-state index is 12.7. The van der Waals surface area contributed by atoms with Crippen LogP contribution in [0.2, 0.25) is 5.02 Å². The van der Waals surface area contributed by atoms with E-state index < -0.39 is 10.0 Å². The molecule has 1 aliphatic rings. The van der Waals surface area contributed by atoms with Crippen molar-refractivity contribution < 1.29 is 17.9 Å². The quantitative estimate of drug-likeness (QED) is 0.684. The second-order valence-electron chi connectivity index (χ2n) is 5.87. The van der Waals surface area contributed by atoms with Crippen molar-refractivity contribution in [3.63, 3.8) is 0 Å². The summed E-state index contributed by atoms with van der Waals surface area (Å²) >= 11 is 5.98. The molecule has 1 atom stereocenters. The third-order valence-electron chi connectivity index (χ3n) is 3.82. The van der Waals surface area contributed by atoms with Crippen LogP contribution in [0.4, 0.5) is 0 Å². The number of primary sulfonamides is 1. The minimum Gasteiger partial charge on any atom is -0.493 e. The molecule has 134 valence electrons. The highest BCUT2D eigenvalue weighted by atomic mass is 35.5. The van der Waals surface area contributed by atoms with Crippen molar-refractivity contribution >= 4 is 27.5 Å². The molecule has 0 spiro atoms. The number of halogens is 1. The highest BCUT2D eigenvalue weighted by Crippen LogP contribution is 2.27. The molecule has 1 aromatic rings. The maximum absolute atomic E-state index is 12.7. The van der Waals surface area contributed by atoms with E-state index in [0.717, 1.165) is 0 Å². The lowest BCUT2D eigenvalue weighted by molar-refractivity contribution is 0.0783. The summed E-state index contributed by atoms with van der Waals surface area (Å²) in [6, 6.07) is 4.85. The van der Waals surface area contributed by atoms with Gasteiger partial charge in [0.05, 0.1) is 17.9 Å². The first-order valence-corrected chi connectivity index (χ1v) is 9.81. The fourth-order valence-corrected chi connectivity index (χ4v) is 3.80. The number of rotatable bonds is 7. The van der Waals surface area contributed by atoms with Gasteiger partial charge < -0.3 is 15.4 Å². The third kappa shape index (κ3) is 5.34. The van der Waals surface area contributed by atoms with Crippen LogP contribution in [0.5, 0.6) is 5.75 Å². The van der Waals surface area contributed by atoms with Crippen LogP contribution in [0.15, 0.2) is 18.2 Å². The Kier molecular flexibility index (Phi) is 6.45. The molecule has 1 amide bonds. The molecule has 1 saturated heterocycles. The zero-order valence-corrected chi connectivity index (χ0v) is 14.9. The largest absolute Gasteiger partial charge is 0.493 e. The van der Waals surface area contributed by atoms with E-state index in [1.165, 1.54) is 0 Å². The summed E-state index contributed by atoms with van der Waals surface area (Å²) in [4.78, 5) is 14.3. The predicted molar refractivity (Wildman–Crippen MR) is 92.6 cm³/mol. The van der Waals surface area contributed by atoms with E-state index in [0.29, 0.717) is 55.4 Å². The Hall–Kier alpha value is -1.35. The van der Waals surface area contributed by atoms with Crippen LogP contribution >= 0.6 is 11.6 Å². The Labute approximate surface area is 146 Å². The number of sulfonamides is 1. The predicted octanol–water partition coefficient (Wildman–Crippen LogP) is 0.818. The maximum Gasteiger partial charge on any atom is 0.257 e. The highest BCUT2D eigenvalue weighted by Gasteiger charge is 2.30. The van der Waals surface area contributed by atoms with Crippen molar-refractivity contribution in [2.24, 2.45) is 16.8 Å². The lowest BCUT2D eigenvalue weighted by Crippen LogP contribution is -2.31. The lowest BCUT2D eigenvalue weighted by Gasteiger charge is -2.19. The van der Waals surface area contributed by atoms with Gasteiger partial charge in [-0.05, 0) is 43.5 Å². The van der Waals surface area contributed by atoms with Crippen molar-refractivity contribution in [2.45, 2.75) is 12.8 Å². The van der Waals surface area contributed by atoms with Crippen molar-refractivity contribution in [3.8, 4) is 5.75 Å². The molecule has 0 bridgehead atoms. The van der Waals surface area contributed by atoms with E-state index in [4.69, 9.17) is 27.2 Å². The molecule has 9 heteroatoms. The van der Waals surface area contributed by atoms with Crippen molar-refractivity contribution in [1.29, 1.82) is 0 Å². The number of carbonyl (C=O) groups excluding carboxylic acids is 1. The normalized spacial score (nSPS) is 18.0. The van der Waals surface area contributed by atoms with Gasteiger partial charge in [0.2, 0.25) is 10.0 Å². The number of likely N-dealkylation sites (tertiary alicyclic amines) is 1. The number of nitrogens with zero attached hydrogens (tertiary/aromatic N) is 1. The Balaban J connectivity index is 2.09. The van der Waals surface area contributed by atoms with E-state index in [-0.39, 0.29) is 17.6 Å². The van der Waals surface area contributed by atoms with E-state index >= 15 is 0 Å². The van der Waals surface area contributed by atoms with Crippen molar-refractivity contribution in [2.75, 3.05) is 32.0 Å². The van der Waals surface area contributed by atoms with E-state index in [2.05, 4.69) is 0 Å². The monoisotopic (exact) mass is 375 g/mol. The standard InChI is InChI=1S/C15H22ClN3O4S/c16-12-2-3-13(14(8-12)23-7-1-5-17)15(20)19-6-4-11(9-19)10-24(18,21)22/h2-3,8,11H,1,4-7,9-10,17H2,(H2,18,21,22)/t11-/m0/s1. The number of hydrogen-bond donors (Lipinski definition) is 2. The fraction of sp³-hybridized carbons (Fsp3) is 0.533. The van der Waals surface area contributed by atoms with Gasteiger partial charge in [-0.3, -0.25) is 4.79 Å². The summed E-state index contributed by atoms with van der Waals surface area (Å²) < 4.78 is 28.0. The smallest absolute Gasteiger partial charge is 0.257 e. The molecule has 24 heavy (non-hydrogen) atoms. The molecule has 1 aromatic carbocycles. The van der Waals surface area contributed by atoms with Crippen LogP contribution in [0.3, 0.4) is 0 Å². The molecule has 1 heterocycles. The minimum absolute atomic E-state index is 0.114. The number of carbonyl (C=O) groups is 1. The average Bonchev–Trinajstić information content (AvgIpc) is 2.93. The van der Waals surface area contributed by atoms with Gasteiger partial charge in [-0.1, -0.05) is 11.6 Å². The highest BCUT2D eigenvalue weighted by molar-refractivity contribution is 7.89. The van der Waals surface area contributed by atoms with Gasteiger partial charge in [-0.2, -0.15) is 0 Å². The zero-order valence-electron chi connectivity index (χ0n) is 13.3. The van der Waals surface area contributed by atoms with Crippen molar-refractivity contribution in [3.05, 3.63) is 28.8 Å². The Morgan fingerprint density at radius 3 is 2.83 bits per heavy atom. The second-order valence-corrected chi connectivity index (χ2v) is 7.96. The first-order valence-electron chi connectivity index (χ1n) is 7.72. The third-order valence-corrected chi connectivity index (χ3v) is 4.99. The van der Waals surface area contributed by atoms with E-state index in [9.17, 15) is 13.2 Å². The zero-order chi connectivity index (χ0) is 17.7. The SMILES string of the molecule is NCCCOc1cc(Cl)ccc1C(=O)N1CC[C@H](CS(N)(=O)=O)C1. The lowest BCUT2D eigenvalue weighted by atomic mass is 10.1. The Bertz CT molecular complexity index is 696. The van der Waals surface area contributed by atoms with Gasteiger partial charge in [0.1, 0.15) is 5.75 Å². The van der Waals surface area contributed by atoms with Crippen LogP contribution in [-0.2, 0) is 10.0 Å². The number of hydrogen-bond acceptors (Lipinski definition) is 5. The average molecular weight is 376 g/mol. The number of amides is 1. The van der Waals surface area contributed by atoms with Crippen LogP contribution < -0.4 is 15.6 Å². The molecule has 0 saturated carbocycles. The summed E-state index contributed by atoms with van der Waals surface area (Å²) in [5, 5.41) is 5.56. The number of ether oxygens (including phenoxy) is 1. The topological polar surface area (TPSA) is 116 Å². The minimum atomic E-state index is -3.54. The van der Waals surface area contributed by atoms with Gasteiger partial charge >= 0.3 is 0 Å². The summed E-state index contributed by atoms with van der Waals surface area (Å²) in [6.45, 7) is 1.74. The first-order chi connectivity index (χ1) is 11.3. The van der Waals surface area contributed by atoms with Gasteiger partial charge in [-0.25, -0.2) is 13.6 Å². The molecular weight excluding hydrogens is 354 g/mol. The molecule has 1 aliphatic heterocycles. The fourth-order valence-electron chi connectivity index (χ4n) is 2.71. The molecule has 0 radical (unpaired) electrons. The molecule has 1 fully saturated rings. The summed E-state index contributed by atoms with van der Waals surface area (Å²) in [7, 11) is -3.54. The van der Waals surface area contributed by atoms with Gasteiger partial charge in [0.25, 0.3) is 5.91 Å². The van der Waals surface area contributed by atoms with Crippen LogP contribution in [-0.4, -0.2) is 51.2 Å². The molecule has 4 N–H and O–H groups in total. The molecular formula is C15H22ClN3O4S. The summed E-state index contributed by atoms with van der Waals surface area (Å²) in [5.74, 6) is -0.0444. The second kappa shape index (κ2) is 8.15. The Morgan fingerprint density at radius 1 is 1.42 bits per heavy atom.